The Bertz CT molecular complexity index is 1220. The van der Waals surface area contributed by atoms with Crippen LogP contribution in [0, 0.1) is 13.8 Å². The first kappa shape index (κ1) is 20.2. The van der Waals surface area contributed by atoms with E-state index in [-0.39, 0.29) is 5.70 Å². The van der Waals surface area contributed by atoms with Gasteiger partial charge in [0.1, 0.15) is 5.70 Å². The van der Waals surface area contributed by atoms with Crippen molar-refractivity contribution in [3.05, 3.63) is 88.9 Å². The van der Waals surface area contributed by atoms with E-state index in [2.05, 4.69) is 5.32 Å². The van der Waals surface area contributed by atoms with Crippen LogP contribution in [-0.2, 0) is 9.53 Å². The average Bonchev–Trinajstić information content (AvgIpc) is 3.22. The molecule has 0 atom stereocenters. The van der Waals surface area contributed by atoms with E-state index in [1.54, 1.807) is 48.5 Å². The lowest BCUT2D eigenvalue weighted by molar-refractivity contribution is -0.113. The molecule has 1 fully saturated rings. The van der Waals surface area contributed by atoms with E-state index in [0.717, 1.165) is 27.5 Å². The Balaban J connectivity index is 1.70. The lowest BCUT2D eigenvalue weighted by Gasteiger charge is -2.11. The number of methoxy groups -OCH3 is 1. The van der Waals surface area contributed by atoms with Gasteiger partial charge in [0, 0.05) is 17.1 Å². The Morgan fingerprint density at radius 2 is 1.68 bits per heavy atom. The summed E-state index contributed by atoms with van der Waals surface area (Å²) in [5, 5.41) is 2.66. The van der Waals surface area contributed by atoms with Gasteiger partial charge in [-0.3, -0.25) is 4.79 Å². The van der Waals surface area contributed by atoms with Gasteiger partial charge in [-0.15, -0.1) is 0 Å². The summed E-state index contributed by atoms with van der Waals surface area (Å²) in [6.07, 6.45) is 1.67. The monoisotopic (exact) mass is 415 g/mol. The fraction of sp³-hybridized carbons (Fsp3) is 0.125. The highest BCUT2D eigenvalue weighted by atomic mass is 16.5. The Morgan fingerprint density at radius 3 is 2.39 bits per heavy atom. The van der Waals surface area contributed by atoms with Crippen molar-refractivity contribution in [2.45, 2.75) is 13.8 Å². The minimum atomic E-state index is -0.484. The summed E-state index contributed by atoms with van der Waals surface area (Å²) in [6, 6.07) is 17.4. The summed E-state index contributed by atoms with van der Waals surface area (Å²) in [5.74, 6) is -0.819. The maximum Gasteiger partial charge on any atom is 0.337 e. The van der Waals surface area contributed by atoms with E-state index in [4.69, 9.17) is 4.74 Å². The van der Waals surface area contributed by atoms with E-state index in [1.165, 1.54) is 7.11 Å². The van der Waals surface area contributed by atoms with Gasteiger partial charge in [-0.2, -0.15) is 0 Å². The van der Waals surface area contributed by atoms with Crippen molar-refractivity contribution in [1.29, 1.82) is 0 Å². The molecular formula is C24H21N3O4. The number of urea groups is 1. The molecule has 1 aliphatic rings. The fourth-order valence-electron chi connectivity index (χ4n) is 3.72. The lowest BCUT2D eigenvalue weighted by atomic mass is 10.2. The molecule has 1 N–H and O–H groups in total. The molecule has 7 nitrogen and oxygen atoms in total. The Morgan fingerprint density at radius 1 is 0.968 bits per heavy atom. The minimum Gasteiger partial charge on any atom is -0.465 e. The predicted octanol–water partition coefficient (Wildman–Crippen LogP) is 3.98. The largest absolute Gasteiger partial charge is 0.465 e. The second-order valence-corrected chi connectivity index (χ2v) is 7.17. The molecule has 2 heterocycles. The fourth-order valence-corrected chi connectivity index (χ4v) is 3.72. The quantitative estimate of drug-likeness (QED) is 0.397. The van der Waals surface area contributed by atoms with Crippen LogP contribution in [0.25, 0.3) is 11.8 Å². The van der Waals surface area contributed by atoms with Crippen molar-refractivity contribution in [3.63, 3.8) is 0 Å². The Hall–Kier alpha value is -4.13. The molecule has 1 aliphatic heterocycles. The van der Waals surface area contributed by atoms with Gasteiger partial charge in [0.25, 0.3) is 5.91 Å². The number of hydrogen-bond donors (Lipinski definition) is 1. The van der Waals surface area contributed by atoms with Crippen molar-refractivity contribution in [1.82, 2.24) is 9.88 Å². The topological polar surface area (TPSA) is 80.6 Å². The normalized spacial score (nSPS) is 14.8. The predicted molar refractivity (Wildman–Crippen MR) is 117 cm³/mol. The van der Waals surface area contributed by atoms with E-state index < -0.39 is 17.9 Å². The third-order valence-electron chi connectivity index (χ3n) is 5.19. The molecule has 0 bridgehead atoms. The second kappa shape index (κ2) is 7.95. The van der Waals surface area contributed by atoms with Gasteiger partial charge in [0.15, 0.2) is 0 Å². The standard InChI is InChI=1S/C24H21N3O4/c1-15-12-18(16(2)26(15)20-11-7-8-17(13-20)23(29)31-3)14-21-22(28)27(24(30)25-21)19-9-5-4-6-10-19/h4-14H,1-3H3,(H,25,30)/b21-14+. The number of ether oxygens (including phenoxy) is 1. The minimum absolute atomic E-state index is 0.206. The number of imide groups is 1. The second-order valence-electron chi connectivity index (χ2n) is 7.17. The average molecular weight is 415 g/mol. The molecule has 31 heavy (non-hydrogen) atoms. The lowest BCUT2D eigenvalue weighted by Crippen LogP contribution is -2.30. The number of anilines is 1. The van der Waals surface area contributed by atoms with Gasteiger partial charge in [0.2, 0.25) is 0 Å². The summed E-state index contributed by atoms with van der Waals surface area (Å²) in [5.41, 5.74) is 4.55. The number of esters is 1. The van der Waals surface area contributed by atoms with Gasteiger partial charge in [-0.1, -0.05) is 24.3 Å². The highest BCUT2D eigenvalue weighted by Crippen LogP contribution is 2.26. The number of nitrogens with zero attached hydrogens (tertiary/aromatic N) is 2. The van der Waals surface area contributed by atoms with Gasteiger partial charge in [-0.05, 0) is 61.9 Å². The highest BCUT2D eigenvalue weighted by Gasteiger charge is 2.35. The molecule has 4 rings (SSSR count). The zero-order valence-corrected chi connectivity index (χ0v) is 17.4. The van der Waals surface area contributed by atoms with Crippen LogP contribution < -0.4 is 10.2 Å². The molecule has 2 aromatic carbocycles. The summed E-state index contributed by atoms with van der Waals surface area (Å²) >= 11 is 0. The molecular weight excluding hydrogens is 394 g/mol. The molecule has 7 heteroatoms. The Kier molecular flexibility index (Phi) is 5.17. The number of para-hydroxylation sites is 1. The summed E-state index contributed by atoms with van der Waals surface area (Å²) < 4.78 is 6.79. The maximum absolute atomic E-state index is 12.9. The number of carbonyl (C=O) groups excluding carboxylic acids is 3. The van der Waals surface area contributed by atoms with Crippen LogP contribution in [0.2, 0.25) is 0 Å². The number of benzene rings is 2. The van der Waals surface area contributed by atoms with Crippen LogP contribution in [0.1, 0.15) is 27.3 Å². The van der Waals surface area contributed by atoms with Gasteiger partial charge in [-0.25, -0.2) is 14.5 Å². The smallest absolute Gasteiger partial charge is 0.337 e. The van der Waals surface area contributed by atoms with Crippen LogP contribution in [0.5, 0.6) is 0 Å². The molecule has 1 saturated heterocycles. The van der Waals surface area contributed by atoms with E-state index in [9.17, 15) is 14.4 Å². The Labute approximate surface area is 179 Å². The van der Waals surface area contributed by atoms with E-state index >= 15 is 0 Å². The number of aryl methyl sites for hydroxylation is 1. The maximum atomic E-state index is 12.9. The van der Waals surface area contributed by atoms with Crippen LogP contribution in [0.4, 0.5) is 10.5 Å². The summed E-state index contributed by atoms with van der Waals surface area (Å²) in [6.45, 7) is 3.85. The van der Waals surface area contributed by atoms with Crippen molar-refractivity contribution in [2.24, 2.45) is 0 Å². The zero-order valence-electron chi connectivity index (χ0n) is 17.4. The van der Waals surface area contributed by atoms with Crippen molar-refractivity contribution in [2.75, 3.05) is 12.0 Å². The number of hydrogen-bond acceptors (Lipinski definition) is 4. The molecule has 0 radical (unpaired) electrons. The van der Waals surface area contributed by atoms with Gasteiger partial charge in [0.05, 0.1) is 18.4 Å². The molecule has 3 aromatic rings. The number of amides is 3. The molecule has 1 aromatic heterocycles. The first-order chi connectivity index (χ1) is 14.9. The number of nitrogens with one attached hydrogen (secondary N) is 1. The summed E-state index contributed by atoms with van der Waals surface area (Å²) in [7, 11) is 1.34. The molecule has 0 saturated carbocycles. The van der Waals surface area contributed by atoms with Crippen LogP contribution >= 0.6 is 0 Å². The van der Waals surface area contributed by atoms with Crippen molar-refractivity contribution in [3.8, 4) is 5.69 Å². The third-order valence-corrected chi connectivity index (χ3v) is 5.19. The van der Waals surface area contributed by atoms with Crippen LogP contribution in [-0.4, -0.2) is 29.6 Å². The van der Waals surface area contributed by atoms with Crippen molar-refractivity contribution >= 4 is 29.7 Å². The number of rotatable bonds is 4. The van der Waals surface area contributed by atoms with E-state index in [0.29, 0.717) is 11.3 Å². The van der Waals surface area contributed by atoms with E-state index in [1.807, 2.05) is 36.6 Å². The summed E-state index contributed by atoms with van der Waals surface area (Å²) in [4.78, 5) is 38.3. The first-order valence-corrected chi connectivity index (χ1v) is 9.70. The SMILES string of the molecule is COC(=O)c1cccc(-n2c(C)cc(/C=C3/NC(=O)N(c4ccccc4)C3=O)c2C)c1. The number of aromatic nitrogens is 1. The van der Waals surface area contributed by atoms with Crippen molar-refractivity contribution < 1.29 is 19.1 Å². The van der Waals surface area contributed by atoms with Gasteiger partial charge >= 0.3 is 12.0 Å². The third kappa shape index (κ3) is 3.61. The van der Waals surface area contributed by atoms with Crippen LogP contribution in [0.15, 0.2) is 66.4 Å². The molecule has 0 spiro atoms. The molecule has 0 unspecified atom stereocenters. The molecule has 3 amide bonds. The first-order valence-electron chi connectivity index (χ1n) is 9.70. The highest BCUT2D eigenvalue weighted by molar-refractivity contribution is 6.28. The molecule has 156 valence electrons. The van der Waals surface area contributed by atoms with Crippen LogP contribution in [0.3, 0.4) is 0 Å². The molecule has 0 aliphatic carbocycles. The zero-order chi connectivity index (χ0) is 22.1. The number of carbonyl (C=O) groups is 3. The van der Waals surface area contributed by atoms with Gasteiger partial charge < -0.3 is 14.6 Å².